The van der Waals surface area contributed by atoms with Gasteiger partial charge in [0.25, 0.3) is 0 Å². The van der Waals surface area contributed by atoms with Crippen LogP contribution in [0.15, 0.2) is 35.5 Å². The van der Waals surface area contributed by atoms with E-state index in [4.69, 9.17) is 4.79 Å². The SMILES string of the molecule is NC=O.O=Nc1ccccc1. The molecule has 1 rings (SSSR count). The van der Waals surface area contributed by atoms with E-state index in [0.717, 1.165) is 0 Å². The average Bonchev–Trinajstić information content (AvgIpc) is 2.08. The van der Waals surface area contributed by atoms with Crippen LogP contribution in [0.2, 0.25) is 0 Å². The molecule has 1 amide bonds. The molecule has 0 saturated carbocycles. The highest BCUT2D eigenvalue weighted by atomic mass is 16.3. The first-order valence-electron chi connectivity index (χ1n) is 2.89. The number of hydrogen-bond acceptors (Lipinski definition) is 3. The number of amides is 1. The Bertz CT molecular complexity index is 211. The van der Waals surface area contributed by atoms with Crippen molar-refractivity contribution >= 4 is 12.1 Å². The van der Waals surface area contributed by atoms with Crippen molar-refractivity contribution in [2.75, 3.05) is 0 Å². The minimum Gasteiger partial charge on any atom is -0.372 e. The first-order valence-corrected chi connectivity index (χ1v) is 2.89. The molecule has 0 aromatic heterocycles. The maximum absolute atomic E-state index is 9.76. The van der Waals surface area contributed by atoms with E-state index in [9.17, 15) is 4.91 Å². The minimum atomic E-state index is 0.250. The van der Waals surface area contributed by atoms with Gasteiger partial charge in [-0.25, -0.2) is 0 Å². The largest absolute Gasteiger partial charge is 0.372 e. The van der Waals surface area contributed by atoms with E-state index in [0.29, 0.717) is 5.69 Å². The Morgan fingerprint density at radius 2 is 1.73 bits per heavy atom. The molecule has 1 aromatic rings. The molecule has 0 aliphatic carbocycles. The molecule has 4 heteroatoms. The van der Waals surface area contributed by atoms with Gasteiger partial charge in [-0.1, -0.05) is 18.2 Å². The summed E-state index contributed by atoms with van der Waals surface area (Å²) in [5, 5.41) is 2.72. The van der Waals surface area contributed by atoms with E-state index < -0.39 is 0 Å². The zero-order valence-corrected chi connectivity index (χ0v) is 5.81. The lowest BCUT2D eigenvalue weighted by Crippen LogP contribution is -1.82. The van der Waals surface area contributed by atoms with Gasteiger partial charge in [0, 0.05) is 0 Å². The molecule has 0 saturated heterocycles. The first-order chi connectivity index (χ1) is 5.35. The van der Waals surface area contributed by atoms with Gasteiger partial charge < -0.3 is 5.73 Å². The molecule has 1 aromatic carbocycles. The van der Waals surface area contributed by atoms with E-state index >= 15 is 0 Å². The number of rotatable bonds is 1. The third kappa shape index (κ3) is 4.77. The van der Waals surface area contributed by atoms with E-state index in [1.165, 1.54) is 0 Å². The van der Waals surface area contributed by atoms with Crippen LogP contribution < -0.4 is 5.73 Å². The van der Waals surface area contributed by atoms with Gasteiger partial charge in [0.2, 0.25) is 6.41 Å². The van der Waals surface area contributed by atoms with Crippen LogP contribution in [0.1, 0.15) is 0 Å². The Balaban J connectivity index is 0.000000292. The number of benzene rings is 1. The van der Waals surface area contributed by atoms with Crippen LogP contribution >= 0.6 is 0 Å². The minimum absolute atomic E-state index is 0.250. The summed E-state index contributed by atoms with van der Waals surface area (Å²) in [5.41, 5.74) is 4.65. The Morgan fingerprint density at radius 3 is 2.00 bits per heavy atom. The Morgan fingerprint density at radius 1 is 1.27 bits per heavy atom. The van der Waals surface area contributed by atoms with Crippen LogP contribution in [-0.2, 0) is 4.79 Å². The smallest absolute Gasteiger partial charge is 0.204 e. The molecule has 4 nitrogen and oxygen atoms in total. The van der Waals surface area contributed by atoms with E-state index in [-0.39, 0.29) is 6.41 Å². The molecule has 0 spiro atoms. The van der Waals surface area contributed by atoms with Crippen LogP contribution in [0.4, 0.5) is 5.69 Å². The van der Waals surface area contributed by atoms with Gasteiger partial charge in [-0.15, -0.1) is 4.91 Å². The van der Waals surface area contributed by atoms with Gasteiger partial charge in [-0.3, -0.25) is 4.79 Å². The number of nitrogens with two attached hydrogens (primary N) is 1. The van der Waals surface area contributed by atoms with Crippen molar-refractivity contribution in [2.45, 2.75) is 0 Å². The maximum Gasteiger partial charge on any atom is 0.204 e. The molecule has 58 valence electrons. The van der Waals surface area contributed by atoms with Crippen LogP contribution in [0.3, 0.4) is 0 Å². The average molecular weight is 152 g/mol. The van der Waals surface area contributed by atoms with Crippen molar-refractivity contribution in [1.29, 1.82) is 0 Å². The molecule has 0 fully saturated rings. The summed E-state index contributed by atoms with van der Waals surface area (Å²) < 4.78 is 0. The second kappa shape index (κ2) is 6.41. The molecule has 0 aliphatic rings. The molecular weight excluding hydrogens is 144 g/mol. The van der Waals surface area contributed by atoms with Crippen molar-refractivity contribution < 1.29 is 4.79 Å². The zero-order valence-electron chi connectivity index (χ0n) is 5.81. The Hall–Kier alpha value is -1.71. The number of nitroso groups, excluding NO2 is 1. The van der Waals surface area contributed by atoms with Crippen LogP contribution in [-0.4, -0.2) is 6.41 Å². The maximum atomic E-state index is 9.76. The van der Waals surface area contributed by atoms with Gasteiger partial charge >= 0.3 is 0 Å². The van der Waals surface area contributed by atoms with Gasteiger partial charge in [-0.2, -0.15) is 0 Å². The normalized spacial score (nSPS) is 7.27. The third-order valence-corrected chi connectivity index (χ3v) is 0.862. The molecule has 0 unspecified atom stereocenters. The van der Waals surface area contributed by atoms with Crippen LogP contribution in [0, 0.1) is 4.91 Å². The van der Waals surface area contributed by atoms with Crippen molar-refractivity contribution in [3.8, 4) is 0 Å². The highest BCUT2D eigenvalue weighted by molar-refractivity contribution is 5.42. The predicted molar refractivity (Wildman–Crippen MR) is 42.1 cm³/mol. The molecule has 0 aliphatic heterocycles. The monoisotopic (exact) mass is 152 g/mol. The number of primary amides is 1. The first kappa shape index (κ1) is 9.29. The number of hydrogen-bond donors (Lipinski definition) is 1. The van der Waals surface area contributed by atoms with Crippen LogP contribution in [0.5, 0.6) is 0 Å². The Kier molecular flexibility index (Phi) is 5.41. The highest BCUT2D eigenvalue weighted by Crippen LogP contribution is 2.07. The molecule has 11 heavy (non-hydrogen) atoms. The fraction of sp³-hybridized carbons (Fsp3) is 0. The van der Waals surface area contributed by atoms with Gasteiger partial charge in [-0.05, 0) is 17.3 Å². The molecular formula is C7H8N2O2. The van der Waals surface area contributed by atoms with E-state index in [2.05, 4.69) is 10.9 Å². The second-order valence-corrected chi connectivity index (χ2v) is 1.56. The molecule has 0 atom stereocenters. The molecule has 0 bridgehead atoms. The lowest BCUT2D eigenvalue weighted by molar-refractivity contribution is -0.106. The highest BCUT2D eigenvalue weighted by Gasteiger charge is 1.81. The van der Waals surface area contributed by atoms with Crippen molar-refractivity contribution in [1.82, 2.24) is 0 Å². The van der Waals surface area contributed by atoms with Gasteiger partial charge in [0.15, 0.2) is 0 Å². The predicted octanol–water partition coefficient (Wildman–Crippen LogP) is 1.19. The summed E-state index contributed by atoms with van der Waals surface area (Å²) in [6, 6.07) is 8.71. The third-order valence-electron chi connectivity index (χ3n) is 0.862. The van der Waals surface area contributed by atoms with E-state index in [1.54, 1.807) is 24.3 Å². The summed E-state index contributed by atoms with van der Waals surface area (Å²) in [6.07, 6.45) is 0.250. The summed E-state index contributed by atoms with van der Waals surface area (Å²) in [6.45, 7) is 0. The summed E-state index contributed by atoms with van der Waals surface area (Å²) in [4.78, 5) is 18.3. The van der Waals surface area contributed by atoms with Crippen molar-refractivity contribution in [3.63, 3.8) is 0 Å². The lowest BCUT2D eigenvalue weighted by Gasteiger charge is -1.80. The second-order valence-electron chi connectivity index (χ2n) is 1.56. The lowest BCUT2D eigenvalue weighted by atomic mass is 10.3. The molecule has 2 N–H and O–H groups in total. The topological polar surface area (TPSA) is 72.5 Å². The quantitative estimate of drug-likeness (QED) is 0.484. The summed E-state index contributed by atoms with van der Waals surface area (Å²) in [7, 11) is 0. The summed E-state index contributed by atoms with van der Waals surface area (Å²) in [5.74, 6) is 0. The van der Waals surface area contributed by atoms with Gasteiger partial charge in [0.05, 0.1) is 0 Å². The standard InChI is InChI=1S/C6H5NO.CH3NO/c8-7-6-4-2-1-3-5-6;2-1-3/h1-5H;1H,(H2,2,3). The molecule has 0 heterocycles. The number of nitrogens with zero attached hydrogens (tertiary/aromatic N) is 1. The number of carbonyl (C=O) groups excluding carboxylic acids is 1. The fourth-order valence-corrected chi connectivity index (χ4v) is 0.489. The number of carbonyl (C=O) groups is 1. The van der Waals surface area contributed by atoms with E-state index in [1.807, 2.05) is 6.07 Å². The Labute approximate surface area is 64.0 Å². The van der Waals surface area contributed by atoms with Gasteiger partial charge in [0.1, 0.15) is 5.69 Å². The zero-order chi connectivity index (χ0) is 8.53. The summed E-state index contributed by atoms with van der Waals surface area (Å²) >= 11 is 0. The van der Waals surface area contributed by atoms with Crippen LogP contribution in [0.25, 0.3) is 0 Å². The molecule has 0 radical (unpaired) electrons. The fourth-order valence-electron chi connectivity index (χ4n) is 0.489. The van der Waals surface area contributed by atoms with Crippen molar-refractivity contribution in [3.05, 3.63) is 35.2 Å². The van der Waals surface area contributed by atoms with Crippen molar-refractivity contribution in [2.24, 2.45) is 10.9 Å².